The van der Waals surface area contributed by atoms with Crippen molar-refractivity contribution in [2.45, 2.75) is 63.7 Å². The summed E-state index contributed by atoms with van der Waals surface area (Å²) in [5, 5.41) is 9.18. The van der Waals surface area contributed by atoms with Crippen molar-refractivity contribution in [1.29, 1.82) is 0 Å². The van der Waals surface area contributed by atoms with Crippen LogP contribution in [0.25, 0.3) is 0 Å². The Labute approximate surface area is 108 Å². The summed E-state index contributed by atoms with van der Waals surface area (Å²) in [4.78, 5) is 0. The lowest BCUT2D eigenvalue weighted by atomic mass is 9.91. The minimum absolute atomic E-state index is 0.553. The van der Waals surface area contributed by atoms with Crippen molar-refractivity contribution in [1.82, 2.24) is 10.2 Å². The van der Waals surface area contributed by atoms with Gasteiger partial charge in [0, 0.05) is 5.92 Å². The van der Waals surface area contributed by atoms with Gasteiger partial charge < -0.3 is 0 Å². The maximum absolute atomic E-state index is 4.64. The Kier molecular flexibility index (Phi) is 1.55. The van der Waals surface area contributed by atoms with Crippen LogP contribution in [0.15, 0.2) is 6.07 Å². The predicted octanol–water partition coefficient (Wildman–Crippen LogP) is 3.57. The third-order valence-electron chi connectivity index (χ3n) is 6.28. The second-order valence-corrected chi connectivity index (χ2v) is 7.58. The zero-order valence-electron chi connectivity index (χ0n) is 11.1. The standard InChI is InChI=1S/C16H20N2/c1-15(4-5-15)9-10-8-11-12-2-3-13(14(11)18-17-10)16(12)6-7-16/h8,12-13H,2-7,9H2,1H3/t12-,13+/m1/s1. The van der Waals surface area contributed by atoms with Gasteiger partial charge in [-0.3, -0.25) is 0 Å². The summed E-state index contributed by atoms with van der Waals surface area (Å²) in [5.74, 6) is 1.62. The summed E-state index contributed by atoms with van der Waals surface area (Å²) in [7, 11) is 0. The molecule has 5 rings (SSSR count). The molecule has 2 atom stereocenters. The van der Waals surface area contributed by atoms with E-state index in [4.69, 9.17) is 0 Å². The van der Waals surface area contributed by atoms with Crippen LogP contribution in [0, 0.1) is 10.8 Å². The number of aromatic nitrogens is 2. The molecule has 4 aliphatic carbocycles. The Bertz CT molecular complexity index is 540. The molecule has 3 saturated carbocycles. The fraction of sp³-hybridized carbons (Fsp3) is 0.750. The molecule has 0 amide bonds. The molecule has 4 aliphatic rings. The van der Waals surface area contributed by atoms with Crippen LogP contribution in [0.4, 0.5) is 0 Å². The lowest BCUT2D eigenvalue weighted by Gasteiger charge is -2.15. The van der Waals surface area contributed by atoms with Crippen molar-refractivity contribution in [3.05, 3.63) is 23.0 Å². The molecule has 1 heterocycles. The second kappa shape index (κ2) is 2.81. The zero-order chi connectivity index (χ0) is 12.0. The monoisotopic (exact) mass is 240 g/mol. The second-order valence-electron chi connectivity index (χ2n) is 7.58. The first-order valence-electron chi connectivity index (χ1n) is 7.57. The van der Waals surface area contributed by atoms with Crippen LogP contribution in [0.2, 0.25) is 0 Å². The molecule has 0 N–H and O–H groups in total. The van der Waals surface area contributed by atoms with Gasteiger partial charge in [0.05, 0.1) is 11.4 Å². The van der Waals surface area contributed by atoms with Crippen molar-refractivity contribution in [2.24, 2.45) is 10.8 Å². The van der Waals surface area contributed by atoms with Gasteiger partial charge in [0.2, 0.25) is 0 Å². The number of fused-ring (bicyclic) bond motifs is 3. The van der Waals surface area contributed by atoms with Gasteiger partial charge >= 0.3 is 0 Å². The van der Waals surface area contributed by atoms with Crippen LogP contribution < -0.4 is 0 Å². The molecule has 0 aromatic carbocycles. The van der Waals surface area contributed by atoms with E-state index < -0.39 is 0 Å². The normalized spacial score (nSPS) is 35.8. The Morgan fingerprint density at radius 1 is 1.11 bits per heavy atom. The third kappa shape index (κ3) is 1.10. The molecule has 1 aromatic rings. The Hall–Kier alpha value is -0.920. The van der Waals surface area contributed by atoms with E-state index in [1.165, 1.54) is 49.9 Å². The van der Waals surface area contributed by atoms with E-state index in [1.807, 2.05) is 0 Å². The molecule has 94 valence electrons. The van der Waals surface area contributed by atoms with Crippen LogP contribution in [0.1, 0.15) is 74.2 Å². The van der Waals surface area contributed by atoms with Gasteiger partial charge in [-0.25, -0.2) is 0 Å². The van der Waals surface area contributed by atoms with E-state index in [9.17, 15) is 0 Å². The van der Waals surface area contributed by atoms with Crippen LogP contribution in [-0.4, -0.2) is 10.2 Å². The maximum atomic E-state index is 4.64. The van der Waals surface area contributed by atoms with E-state index in [0.29, 0.717) is 10.8 Å². The Morgan fingerprint density at radius 3 is 2.61 bits per heavy atom. The third-order valence-corrected chi connectivity index (χ3v) is 6.28. The highest BCUT2D eigenvalue weighted by atomic mass is 15.1. The van der Waals surface area contributed by atoms with Crippen LogP contribution in [0.3, 0.4) is 0 Å². The van der Waals surface area contributed by atoms with E-state index in [-0.39, 0.29) is 0 Å². The van der Waals surface area contributed by atoms with E-state index in [2.05, 4.69) is 23.2 Å². The first-order valence-corrected chi connectivity index (χ1v) is 7.57. The van der Waals surface area contributed by atoms with Crippen molar-refractivity contribution >= 4 is 0 Å². The molecule has 0 aliphatic heterocycles. The van der Waals surface area contributed by atoms with Crippen LogP contribution >= 0.6 is 0 Å². The molecule has 0 unspecified atom stereocenters. The van der Waals surface area contributed by atoms with Crippen LogP contribution in [0.5, 0.6) is 0 Å². The van der Waals surface area contributed by atoms with Gasteiger partial charge in [-0.05, 0) is 73.3 Å². The lowest BCUT2D eigenvalue weighted by Crippen LogP contribution is -2.08. The lowest BCUT2D eigenvalue weighted by molar-refractivity contribution is 0.456. The molecule has 0 radical (unpaired) electrons. The fourth-order valence-corrected chi connectivity index (χ4v) is 4.79. The van der Waals surface area contributed by atoms with Crippen molar-refractivity contribution < 1.29 is 0 Å². The molecule has 2 bridgehead atoms. The van der Waals surface area contributed by atoms with Gasteiger partial charge in [-0.15, -0.1) is 0 Å². The first-order chi connectivity index (χ1) is 8.70. The quantitative estimate of drug-likeness (QED) is 0.789. The highest BCUT2D eigenvalue weighted by Crippen LogP contribution is 2.75. The van der Waals surface area contributed by atoms with E-state index in [0.717, 1.165) is 18.3 Å². The van der Waals surface area contributed by atoms with Gasteiger partial charge in [-0.1, -0.05) is 6.92 Å². The van der Waals surface area contributed by atoms with Gasteiger partial charge in [0.1, 0.15) is 0 Å². The summed E-state index contributed by atoms with van der Waals surface area (Å²) < 4.78 is 0. The Morgan fingerprint density at radius 2 is 1.89 bits per heavy atom. The molecule has 2 nitrogen and oxygen atoms in total. The molecule has 1 spiro atoms. The fourth-order valence-electron chi connectivity index (χ4n) is 4.79. The van der Waals surface area contributed by atoms with Crippen molar-refractivity contribution in [3.63, 3.8) is 0 Å². The zero-order valence-corrected chi connectivity index (χ0v) is 11.1. The smallest absolute Gasteiger partial charge is 0.0702 e. The number of rotatable bonds is 2. The van der Waals surface area contributed by atoms with Gasteiger partial charge in [0.25, 0.3) is 0 Å². The van der Waals surface area contributed by atoms with Gasteiger partial charge in [-0.2, -0.15) is 10.2 Å². The SMILES string of the molecule is CC1(Cc2cc3c(nn2)[C@@H]2CC[C@H]3C23CC3)CC1. The highest BCUT2D eigenvalue weighted by Gasteiger charge is 2.64. The molecule has 3 fully saturated rings. The summed E-state index contributed by atoms with van der Waals surface area (Å²) in [6.45, 7) is 2.39. The number of nitrogens with zero attached hydrogens (tertiary/aromatic N) is 2. The molecular formula is C16H20N2. The minimum Gasteiger partial charge on any atom is -0.155 e. The van der Waals surface area contributed by atoms with E-state index >= 15 is 0 Å². The summed E-state index contributed by atoms with van der Waals surface area (Å²) >= 11 is 0. The molecule has 18 heavy (non-hydrogen) atoms. The number of hydrogen-bond acceptors (Lipinski definition) is 2. The predicted molar refractivity (Wildman–Crippen MR) is 69.5 cm³/mol. The molecule has 0 saturated heterocycles. The van der Waals surface area contributed by atoms with E-state index in [1.54, 1.807) is 5.56 Å². The average Bonchev–Trinajstić information content (AvgIpc) is 3.22. The summed E-state index contributed by atoms with van der Waals surface area (Å²) in [6, 6.07) is 2.43. The highest BCUT2D eigenvalue weighted by molar-refractivity contribution is 5.44. The summed E-state index contributed by atoms with van der Waals surface area (Å²) in [6.07, 6.45) is 9.60. The molecule has 2 heteroatoms. The van der Waals surface area contributed by atoms with Gasteiger partial charge in [0.15, 0.2) is 0 Å². The van der Waals surface area contributed by atoms with Crippen molar-refractivity contribution in [2.75, 3.05) is 0 Å². The summed E-state index contributed by atoms with van der Waals surface area (Å²) in [5.41, 5.74) is 5.46. The minimum atomic E-state index is 0.553. The Balaban J connectivity index is 1.56. The molecule has 1 aromatic heterocycles. The maximum Gasteiger partial charge on any atom is 0.0702 e. The number of hydrogen-bond donors (Lipinski definition) is 0. The molecular weight excluding hydrogens is 220 g/mol. The first kappa shape index (κ1) is 9.94. The average molecular weight is 240 g/mol. The van der Waals surface area contributed by atoms with Crippen LogP contribution in [-0.2, 0) is 6.42 Å². The topological polar surface area (TPSA) is 25.8 Å². The van der Waals surface area contributed by atoms with Crippen molar-refractivity contribution in [3.8, 4) is 0 Å². The largest absolute Gasteiger partial charge is 0.155 e.